The number of piperidine rings is 1. The fourth-order valence-corrected chi connectivity index (χ4v) is 5.19. The van der Waals surface area contributed by atoms with Crippen molar-refractivity contribution in [3.8, 4) is 17.0 Å². The molecular formula is C23H27N3O3S. The second-order valence-corrected chi connectivity index (χ2v) is 8.86. The molecule has 1 aromatic heterocycles. The number of ether oxygens (including phenoxy) is 1. The van der Waals surface area contributed by atoms with Gasteiger partial charge in [0.1, 0.15) is 5.75 Å². The van der Waals surface area contributed by atoms with Crippen LogP contribution in [0.15, 0.2) is 42.3 Å². The minimum atomic E-state index is -0.0497. The van der Waals surface area contributed by atoms with Crippen LogP contribution in [0.5, 0.6) is 5.75 Å². The summed E-state index contributed by atoms with van der Waals surface area (Å²) in [5, 5.41) is 3.16. The highest BCUT2D eigenvalue weighted by molar-refractivity contribution is 7.10. The molecule has 2 aliphatic rings. The molecule has 7 heteroatoms. The van der Waals surface area contributed by atoms with Crippen LogP contribution >= 0.6 is 11.3 Å². The van der Waals surface area contributed by atoms with Gasteiger partial charge in [0.2, 0.25) is 11.8 Å². The van der Waals surface area contributed by atoms with Crippen molar-refractivity contribution in [2.45, 2.75) is 25.2 Å². The van der Waals surface area contributed by atoms with Crippen molar-refractivity contribution < 1.29 is 14.3 Å². The van der Waals surface area contributed by atoms with Crippen LogP contribution < -0.4 is 4.74 Å². The minimum absolute atomic E-state index is 0.0497. The Morgan fingerprint density at radius 1 is 1.27 bits per heavy atom. The minimum Gasteiger partial charge on any atom is -0.496 e. The zero-order valence-electron chi connectivity index (χ0n) is 17.3. The van der Waals surface area contributed by atoms with E-state index < -0.39 is 0 Å². The highest BCUT2D eigenvalue weighted by Gasteiger charge is 2.33. The number of carbonyl (C=O) groups excluding carboxylic acids is 2. The largest absolute Gasteiger partial charge is 0.496 e. The van der Waals surface area contributed by atoms with Gasteiger partial charge in [-0.15, -0.1) is 11.3 Å². The number of thiazole rings is 1. The van der Waals surface area contributed by atoms with E-state index in [0.29, 0.717) is 19.5 Å². The maximum atomic E-state index is 12.8. The van der Waals surface area contributed by atoms with Gasteiger partial charge in [0.15, 0.2) is 0 Å². The average Bonchev–Trinajstić information content (AvgIpc) is 3.25. The molecule has 3 heterocycles. The Balaban J connectivity index is 1.36. The number of amides is 2. The molecule has 2 aromatic rings. The Morgan fingerprint density at radius 2 is 2.07 bits per heavy atom. The molecule has 2 amide bonds. The Kier molecular flexibility index (Phi) is 6.18. The molecule has 0 N–H and O–H groups in total. The van der Waals surface area contributed by atoms with Crippen molar-refractivity contribution in [2.75, 3.05) is 33.3 Å². The third kappa shape index (κ3) is 4.26. The second kappa shape index (κ2) is 9.00. The van der Waals surface area contributed by atoms with Crippen LogP contribution in [0.2, 0.25) is 0 Å². The fraction of sp³-hybridized carbons (Fsp3) is 0.435. The SMILES string of the molecule is C=CC(=O)N1CC(CC(=O)N2CCCC(c3nc(-c4ccccc4OC)cs3)C2)C1. The van der Waals surface area contributed by atoms with Crippen molar-refractivity contribution in [1.82, 2.24) is 14.8 Å². The number of carbonyl (C=O) groups is 2. The highest BCUT2D eigenvalue weighted by atomic mass is 32.1. The molecule has 2 saturated heterocycles. The number of hydrogen-bond donors (Lipinski definition) is 0. The first-order valence-electron chi connectivity index (χ1n) is 10.4. The molecule has 0 spiro atoms. The van der Waals surface area contributed by atoms with Crippen molar-refractivity contribution >= 4 is 23.2 Å². The summed E-state index contributed by atoms with van der Waals surface area (Å²) in [6.45, 7) is 6.35. The first kappa shape index (κ1) is 20.6. The summed E-state index contributed by atoms with van der Waals surface area (Å²) in [6.07, 6.45) is 3.89. The molecule has 0 bridgehead atoms. The van der Waals surface area contributed by atoms with E-state index in [-0.39, 0.29) is 23.7 Å². The lowest BCUT2D eigenvalue weighted by molar-refractivity contribution is -0.139. The number of methoxy groups -OCH3 is 1. The number of aromatic nitrogens is 1. The number of nitrogens with zero attached hydrogens (tertiary/aromatic N) is 3. The highest BCUT2D eigenvalue weighted by Crippen LogP contribution is 2.35. The Hall–Kier alpha value is -2.67. The zero-order chi connectivity index (χ0) is 21.1. The van der Waals surface area contributed by atoms with Gasteiger partial charge >= 0.3 is 0 Å². The van der Waals surface area contributed by atoms with Gasteiger partial charge in [-0.1, -0.05) is 18.7 Å². The van der Waals surface area contributed by atoms with Crippen molar-refractivity contribution in [3.05, 3.63) is 47.3 Å². The van der Waals surface area contributed by atoms with Gasteiger partial charge in [0.25, 0.3) is 0 Å². The smallest absolute Gasteiger partial charge is 0.245 e. The third-order valence-electron chi connectivity index (χ3n) is 5.93. The van der Waals surface area contributed by atoms with Gasteiger partial charge in [0.05, 0.1) is 17.8 Å². The molecule has 1 unspecified atom stereocenters. The second-order valence-electron chi connectivity index (χ2n) is 7.97. The Bertz CT molecular complexity index is 935. The van der Waals surface area contributed by atoms with E-state index in [4.69, 9.17) is 9.72 Å². The van der Waals surface area contributed by atoms with Crippen LogP contribution in [-0.4, -0.2) is 59.9 Å². The van der Waals surface area contributed by atoms with E-state index in [9.17, 15) is 9.59 Å². The fourth-order valence-electron chi connectivity index (χ4n) is 4.24. The molecule has 30 heavy (non-hydrogen) atoms. The number of benzene rings is 1. The van der Waals surface area contributed by atoms with Crippen molar-refractivity contribution in [1.29, 1.82) is 0 Å². The number of rotatable bonds is 6. The van der Waals surface area contributed by atoms with Crippen LogP contribution in [0.3, 0.4) is 0 Å². The van der Waals surface area contributed by atoms with E-state index in [1.54, 1.807) is 23.3 Å². The quantitative estimate of drug-likeness (QED) is 0.664. The van der Waals surface area contributed by atoms with Crippen LogP contribution in [0.1, 0.15) is 30.2 Å². The van der Waals surface area contributed by atoms with Gasteiger partial charge in [-0.3, -0.25) is 9.59 Å². The van der Waals surface area contributed by atoms with Gasteiger partial charge < -0.3 is 14.5 Å². The van der Waals surface area contributed by atoms with Crippen molar-refractivity contribution in [3.63, 3.8) is 0 Å². The molecule has 1 aromatic carbocycles. The van der Waals surface area contributed by atoms with Crippen LogP contribution in [0.4, 0.5) is 0 Å². The van der Waals surface area contributed by atoms with Crippen LogP contribution in [0.25, 0.3) is 11.3 Å². The maximum absolute atomic E-state index is 12.8. The molecular weight excluding hydrogens is 398 g/mol. The Labute approximate surface area is 181 Å². The molecule has 6 nitrogen and oxygen atoms in total. The number of para-hydroxylation sites is 1. The maximum Gasteiger partial charge on any atom is 0.245 e. The number of hydrogen-bond acceptors (Lipinski definition) is 5. The molecule has 1 atom stereocenters. The molecule has 0 aliphatic carbocycles. The summed E-state index contributed by atoms with van der Waals surface area (Å²) in [5.41, 5.74) is 1.92. The summed E-state index contributed by atoms with van der Waals surface area (Å²) in [5.74, 6) is 1.50. The van der Waals surface area contributed by atoms with E-state index in [2.05, 4.69) is 12.0 Å². The molecule has 0 radical (unpaired) electrons. The van der Waals surface area contributed by atoms with E-state index in [1.165, 1.54) is 6.08 Å². The standard InChI is InChI=1S/C23H27N3O3S/c1-3-21(27)26-12-16(13-26)11-22(28)25-10-6-7-17(14-25)23-24-19(15-30-23)18-8-4-5-9-20(18)29-2/h3-5,8-9,15-17H,1,6-7,10-14H2,2H3. The summed E-state index contributed by atoms with van der Waals surface area (Å²) in [4.78, 5) is 33.0. The van der Waals surface area contributed by atoms with Crippen LogP contribution in [-0.2, 0) is 9.59 Å². The number of likely N-dealkylation sites (tertiary alicyclic amines) is 2. The zero-order valence-corrected chi connectivity index (χ0v) is 18.1. The first-order chi connectivity index (χ1) is 14.6. The summed E-state index contributed by atoms with van der Waals surface area (Å²) in [6, 6.07) is 7.91. The van der Waals surface area contributed by atoms with Crippen molar-refractivity contribution in [2.24, 2.45) is 5.92 Å². The molecule has 2 aliphatic heterocycles. The van der Waals surface area contributed by atoms with E-state index in [0.717, 1.165) is 47.9 Å². The van der Waals surface area contributed by atoms with Crippen LogP contribution in [0, 0.1) is 5.92 Å². The van der Waals surface area contributed by atoms with Gasteiger partial charge in [-0.25, -0.2) is 4.98 Å². The topological polar surface area (TPSA) is 62.7 Å². The monoisotopic (exact) mass is 425 g/mol. The van der Waals surface area contributed by atoms with E-state index in [1.807, 2.05) is 29.2 Å². The first-order valence-corrected chi connectivity index (χ1v) is 11.2. The lowest BCUT2D eigenvalue weighted by Crippen LogP contribution is -2.51. The molecule has 158 valence electrons. The van der Waals surface area contributed by atoms with Gasteiger partial charge in [-0.2, -0.15) is 0 Å². The lowest BCUT2D eigenvalue weighted by atomic mass is 9.93. The third-order valence-corrected chi connectivity index (χ3v) is 6.94. The molecule has 2 fully saturated rings. The normalized spacial score (nSPS) is 19.3. The average molecular weight is 426 g/mol. The summed E-state index contributed by atoms with van der Waals surface area (Å²) in [7, 11) is 1.67. The molecule has 4 rings (SSSR count). The Morgan fingerprint density at radius 3 is 2.83 bits per heavy atom. The lowest BCUT2D eigenvalue weighted by Gasteiger charge is -2.40. The van der Waals surface area contributed by atoms with Gasteiger partial charge in [-0.05, 0) is 31.1 Å². The summed E-state index contributed by atoms with van der Waals surface area (Å²) < 4.78 is 5.47. The molecule has 0 saturated carbocycles. The van der Waals surface area contributed by atoms with Gasteiger partial charge in [0, 0.05) is 55.4 Å². The predicted octanol–water partition coefficient (Wildman–Crippen LogP) is 3.56. The summed E-state index contributed by atoms with van der Waals surface area (Å²) >= 11 is 1.66. The van der Waals surface area contributed by atoms with E-state index >= 15 is 0 Å². The predicted molar refractivity (Wildman–Crippen MR) is 118 cm³/mol.